The van der Waals surface area contributed by atoms with Crippen molar-refractivity contribution >= 4 is 11.5 Å². The molecular weight excluding hydrogens is 228 g/mol. The molecular formula is C14H16N2O2. The van der Waals surface area contributed by atoms with Crippen LogP contribution in [0.2, 0.25) is 0 Å². The summed E-state index contributed by atoms with van der Waals surface area (Å²) < 4.78 is 5.10. The first-order valence-electron chi connectivity index (χ1n) is 5.84. The summed E-state index contributed by atoms with van der Waals surface area (Å²) in [4.78, 5) is 11.1. The molecule has 4 heteroatoms. The van der Waals surface area contributed by atoms with E-state index < -0.39 is 0 Å². The van der Waals surface area contributed by atoms with Crippen LogP contribution in [0.1, 0.15) is 34.3 Å². The number of ketones is 1. The van der Waals surface area contributed by atoms with Crippen LogP contribution in [0.3, 0.4) is 0 Å². The van der Waals surface area contributed by atoms with E-state index in [1.54, 1.807) is 6.92 Å². The number of hydrogen-bond acceptors (Lipinski definition) is 4. The van der Waals surface area contributed by atoms with Crippen LogP contribution in [0.25, 0.3) is 0 Å². The number of hydrogen-bond donors (Lipinski definition) is 1. The Kier molecular flexibility index (Phi) is 3.46. The van der Waals surface area contributed by atoms with Crippen molar-refractivity contribution in [2.45, 2.75) is 27.3 Å². The summed E-state index contributed by atoms with van der Waals surface area (Å²) in [6.45, 7) is 6.05. The highest BCUT2D eigenvalue weighted by Gasteiger charge is 2.08. The summed E-state index contributed by atoms with van der Waals surface area (Å²) in [5.74, 6) is 0.910. The van der Waals surface area contributed by atoms with E-state index >= 15 is 0 Å². The quantitative estimate of drug-likeness (QED) is 0.839. The smallest absolute Gasteiger partial charge is 0.159 e. The Morgan fingerprint density at radius 1 is 1.28 bits per heavy atom. The van der Waals surface area contributed by atoms with Crippen molar-refractivity contribution in [2.75, 3.05) is 5.32 Å². The first-order chi connectivity index (χ1) is 8.58. The molecule has 0 amide bonds. The Morgan fingerprint density at radius 3 is 2.44 bits per heavy atom. The summed E-state index contributed by atoms with van der Waals surface area (Å²) in [7, 11) is 0. The molecule has 1 heterocycles. The van der Waals surface area contributed by atoms with Crippen LogP contribution in [0.5, 0.6) is 0 Å². The third kappa shape index (κ3) is 2.59. The lowest BCUT2D eigenvalue weighted by atomic mass is 10.1. The zero-order chi connectivity index (χ0) is 13.1. The number of carbonyl (C=O) groups excluding carboxylic acids is 1. The monoisotopic (exact) mass is 244 g/mol. The van der Waals surface area contributed by atoms with Gasteiger partial charge < -0.3 is 9.84 Å². The van der Waals surface area contributed by atoms with Crippen LogP contribution in [0, 0.1) is 13.8 Å². The Hall–Kier alpha value is -2.10. The van der Waals surface area contributed by atoms with Crippen molar-refractivity contribution in [2.24, 2.45) is 0 Å². The van der Waals surface area contributed by atoms with Gasteiger partial charge in [-0.15, -0.1) is 0 Å². The second-order valence-corrected chi connectivity index (χ2v) is 4.29. The predicted molar refractivity (Wildman–Crippen MR) is 69.8 cm³/mol. The lowest BCUT2D eigenvalue weighted by Crippen LogP contribution is -2.01. The number of aromatic nitrogens is 1. The van der Waals surface area contributed by atoms with Crippen molar-refractivity contribution in [3.05, 3.63) is 46.8 Å². The first-order valence-corrected chi connectivity index (χ1v) is 5.84. The van der Waals surface area contributed by atoms with Gasteiger partial charge in [0.05, 0.1) is 5.69 Å². The van der Waals surface area contributed by atoms with Gasteiger partial charge in [0.2, 0.25) is 0 Å². The summed E-state index contributed by atoms with van der Waals surface area (Å²) >= 11 is 0. The number of anilines is 1. The molecule has 0 saturated carbocycles. The van der Waals surface area contributed by atoms with Crippen molar-refractivity contribution in [3.63, 3.8) is 0 Å². The second kappa shape index (κ2) is 5.04. The molecule has 0 spiro atoms. The molecule has 0 aliphatic carbocycles. The van der Waals surface area contributed by atoms with Crippen LogP contribution in [-0.2, 0) is 6.54 Å². The summed E-state index contributed by atoms with van der Waals surface area (Å²) in [6.07, 6.45) is 0. The minimum absolute atomic E-state index is 0.0762. The summed E-state index contributed by atoms with van der Waals surface area (Å²) in [5.41, 5.74) is 3.67. The Labute approximate surface area is 106 Å². The fourth-order valence-corrected chi connectivity index (χ4v) is 1.77. The predicted octanol–water partition coefficient (Wildman–Crippen LogP) is 3.11. The van der Waals surface area contributed by atoms with E-state index in [0.717, 1.165) is 28.3 Å². The van der Waals surface area contributed by atoms with Gasteiger partial charge in [0.1, 0.15) is 5.76 Å². The Bertz CT molecular complexity index is 536. The van der Waals surface area contributed by atoms with Crippen molar-refractivity contribution in [3.8, 4) is 0 Å². The van der Waals surface area contributed by atoms with Crippen LogP contribution in [0.4, 0.5) is 5.69 Å². The van der Waals surface area contributed by atoms with Gasteiger partial charge >= 0.3 is 0 Å². The Balaban J connectivity index is 2.04. The number of aryl methyl sites for hydroxylation is 2. The average Bonchev–Trinajstić information content (AvgIpc) is 2.67. The third-order valence-electron chi connectivity index (χ3n) is 2.94. The van der Waals surface area contributed by atoms with Gasteiger partial charge in [-0.05, 0) is 45.0 Å². The molecule has 1 N–H and O–H groups in total. The molecule has 2 aromatic rings. The molecule has 0 bridgehead atoms. The minimum Gasteiger partial charge on any atom is -0.381 e. The van der Waals surface area contributed by atoms with Gasteiger partial charge in [-0.1, -0.05) is 5.16 Å². The number of nitrogens with zero attached hydrogens (tertiary/aromatic N) is 1. The van der Waals surface area contributed by atoms with Crippen molar-refractivity contribution in [1.29, 1.82) is 0 Å². The highest BCUT2D eigenvalue weighted by molar-refractivity contribution is 5.94. The van der Waals surface area contributed by atoms with Gasteiger partial charge in [-0.2, -0.15) is 0 Å². The van der Waals surface area contributed by atoms with Crippen LogP contribution < -0.4 is 5.32 Å². The van der Waals surface area contributed by atoms with E-state index in [2.05, 4.69) is 10.5 Å². The molecule has 0 saturated heterocycles. The minimum atomic E-state index is 0.0762. The zero-order valence-corrected chi connectivity index (χ0v) is 10.8. The van der Waals surface area contributed by atoms with Gasteiger partial charge in [0, 0.05) is 23.4 Å². The molecule has 18 heavy (non-hydrogen) atoms. The maximum atomic E-state index is 11.1. The lowest BCUT2D eigenvalue weighted by Gasteiger charge is -2.06. The normalized spacial score (nSPS) is 10.4. The van der Waals surface area contributed by atoms with Crippen LogP contribution in [-0.4, -0.2) is 10.9 Å². The molecule has 1 aromatic carbocycles. The Morgan fingerprint density at radius 2 is 1.94 bits per heavy atom. The van der Waals surface area contributed by atoms with Gasteiger partial charge in [0.15, 0.2) is 5.78 Å². The molecule has 0 aliphatic rings. The van der Waals surface area contributed by atoms with E-state index in [1.807, 2.05) is 38.1 Å². The molecule has 0 aliphatic heterocycles. The molecule has 0 unspecified atom stereocenters. The highest BCUT2D eigenvalue weighted by atomic mass is 16.5. The number of Topliss-reactive ketones (excluding diaryl/α,β-unsaturated/α-hetero) is 1. The molecule has 0 fully saturated rings. The molecule has 1 aromatic heterocycles. The standard InChI is InChI=1S/C14H16N2O2/c1-9-14(11(3)18-16-9)8-15-13-6-4-12(5-7-13)10(2)17/h4-7,15H,8H2,1-3H3. The van der Waals surface area contributed by atoms with Crippen molar-refractivity contribution < 1.29 is 9.32 Å². The van der Waals surface area contributed by atoms with E-state index in [1.165, 1.54) is 0 Å². The molecule has 0 radical (unpaired) electrons. The maximum Gasteiger partial charge on any atom is 0.159 e. The largest absolute Gasteiger partial charge is 0.381 e. The van der Waals surface area contributed by atoms with Gasteiger partial charge in [0.25, 0.3) is 0 Å². The number of rotatable bonds is 4. The zero-order valence-electron chi connectivity index (χ0n) is 10.8. The summed E-state index contributed by atoms with van der Waals surface area (Å²) in [6, 6.07) is 7.43. The number of carbonyl (C=O) groups is 1. The van der Waals surface area contributed by atoms with E-state index in [9.17, 15) is 4.79 Å². The fourth-order valence-electron chi connectivity index (χ4n) is 1.77. The van der Waals surface area contributed by atoms with Gasteiger partial charge in [-0.3, -0.25) is 4.79 Å². The lowest BCUT2D eigenvalue weighted by molar-refractivity contribution is 0.101. The van der Waals surface area contributed by atoms with Crippen LogP contribution in [0.15, 0.2) is 28.8 Å². The molecule has 94 valence electrons. The SMILES string of the molecule is CC(=O)c1ccc(NCc2c(C)noc2C)cc1. The first kappa shape index (κ1) is 12.4. The number of benzene rings is 1. The van der Waals surface area contributed by atoms with Crippen LogP contribution >= 0.6 is 0 Å². The molecule has 0 atom stereocenters. The molecule has 2 rings (SSSR count). The summed E-state index contributed by atoms with van der Waals surface area (Å²) in [5, 5.41) is 7.19. The maximum absolute atomic E-state index is 11.1. The van der Waals surface area contributed by atoms with E-state index in [0.29, 0.717) is 6.54 Å². The third-order valence-corrected chi connectivity index (χ3v) is 2.94. The topological polar surface area (TPSA) is 55.1 Å². The fraction of sp³-hybridized carbons (Fsp3) is 0.286. The van der Waals surface area contributed by atoms with Gasteiger partial charge in [-0.25, -0.2) is 0 Å². The average molecular weight is 244 g/mol. The highest BCUT2D eigenvalue weighted by Crippen LogP contribution is 2.16. The second-order valence-electron chi connectivity index (χ2n) is 4.29. The van der Waals surface area contributed by atoms with E-state index in [4.69, 9.17) is 4.52 Å². The van der Waals surface area contributed by atoms with E-state index in [-0.39, 0.29) is 5.78 Å². The number of nitrogens with one attached hydrogen (secondary N) is 1. The van der Waals surface area contributed by atoms with Crippen molar-refractivity contribution in [1.82, 2.24) is 5.16 Å². The molecule has 4 nitrogen and oxygen atoms in total.